The number of carbonyl (C=O) groups is 3. The number of amides is 2. The van der Waals surface area contributed by atoms with Crippen LogP contribution in [0, 0.1) is 5.92 Å². The summed E-state index contributed by atoms with van der Waals surface area (Å²) in [6.07, 6.45) is 2.93. The summed E-state index contributed by atoms with van der Waals surface area (Å²) >= 11 is 0. The fraction of sp³-hybridized carbons (Fsp3) is 0.350. The van der Waals surface area contributed by atoms with Gasteiger partial charge in [0.1, 0.15) is 0 Å². The predicted molar refractivity (Wildman–Crippen MR) is 98.4 cm³/mol. The van der Waals surface area contributed by atoms with Gasteiger partial charge in [-0.05, 0) is 56.2 Å². The van der Waals surface area contributed by atoms with Gasteiger partial charge in [-0.3, -0.25) is 9.59 Å². The minimum atomic E-state index is -0.394. The minimum absolute atomic E-state index is 0.143. The summed E-state index contributed by atoms with van der Waals surface area (Å²) in [5.41, 5.74) is 1.03. The van der Waals surface area contributed by atoms with E-state index >= 15 is 0 Å². The third-order valence-electron chi connectivity index (χ3n) is 4.47. The van der Waals surface area contributed by atoms with E-state index in [0.29, 0.717) is 37.4 Å². The number of anilines is 1. The van der Waals surface area contributed by atoms with Crippen molar-refractivity contribution in [2.45, 2.75) is 19.8 Å². The molecule has 0 saturated carbocycles. The lowest BCUT2D eigenvalue weighted by Crippen LogP contribution is -2.43. The van der Waals surface area contributed by atoms with Gasteiger partial charge in [0.15, 0.2) is 5.76 Å². The maximum atomic E-state index is 12.6. The molecule has 7 nitrogen and oxygen atoms in total. The second kappa shape index (κ2) is 8.53. The lowest BCUT2D eigenvalue weighted by atomic mass is 9.96. The molecular weight excluding hydrogens is 348 g/mol. The van der Waals surface area contributed by atoms with Crippen molar-refractivity contribution in [3.8, 4) is 0 Å². The van der Waals surface area contributed by atoms with Gasteiger partial charge in [0.2, 0.25) is 5.91 Å². The molecule has 142 valence electrons. The Morgan fingerprint density at radius 3 is 2.67 bits per heavy atom. The summed E-state index contributed by atoms with van der Waals surface area (Å²) in [5, 5.41) is 2.85. The second-order valence-corrected chi connectivity index (χ2v) is 6.35. The Labute approximate surface area is 157 Å². The van der Waals surface area contributed by atoms with E-state index in [-0.39, 0.29) is 23.5 Å². The first kappa shape index (κ1) is 18.7. The van der Waals surface area contributed by atoms with Gasteiger partial charge in [-0.15, -0.1) is 0 Å². The van der Waals surface area contributed by atoms with Crippen molar-refractivity contribution >= 4 is 23.5 Å². The lowest BCUT2D eigenvalue weighted by molar-refractivity contribution is -0.121. The molecule has 0 unspecified atom stereocenters. The Bertz CT molecular complexity index is 798. The fourth-order valence-corrected chi connectivity index (χ4v) is 3.08. The summed E-state index contributed by atoms with van der Waals surface area (Å²) < 4.78 is 10.1. The van der Waals surface area contributed by atoms with Crippen LogP contribution in [0.5, 0.6) is 0 Å². The Morgan fingerprint density at radius 1 is 1.22 bits per heavy atom. The molecule has 2 heterocycles. The zero-order chi connectivity index (χ0) is 19.2. The molecule has 1 aromatic heterocycles. The van der Waals surface area contributed by atoms with Crippen molar-refractivity contribution in [3.63, 3.8) is 0 Å². The molecule has 1 aliphatic heterocycles. The van der Waals surface area contributed by atoms with Crippen molar-refractivity contribution in [1.29, 1.82) is 0 Å². The number of hydrogen-bond donors (Lipinski definition) is 1. The molecule has 2 amide bonds. The molecule has 0 bridgehead atoms. The van der Waals surface area contributed by atoms with Crippen LogP contribution in [-0.4, -0.2) is 42.4 Å². The van der Waals surface area contributed by atoms with Gasteiger partial charge in [0.05, 0.1) is 24.4 Å². The van der Waals surface area contributed by atoms with E-state index in [1.807, 2.05) is 0 Å². The van der Waals surface area contributed by atoms with Crippen LogP contribution in [0.25, 0.3) is 0 Å². The normalized spacial score (nSPS) is 16.6. The van der Waals surface area contributed by atoms with Crippen LogP contribution < -0.4 is 5.32 Å². The van der Waals surface area contributed by atoms with Crippen LogP contribution in [0.1, 0.15) is 40.7 Å². The van der Waals surface area contributed by atoms with Gasteiger partial charge in [-0.1, -0.05) is 0 Å². The Hall–Kier alpha value is -3.09. The third-order valence-corrected chi connectivity index (χ3v) is 4.47. The van der Waals surface area contributed by atoms with Crippen molar-refractivity contribution in [2.75, 3.05) is 25.0 Å². The lowest BCUT2D eigenvalue weighted by Gasteiger charge is -2.31. The van der Waals surface area contributed by atoms with Crippen LogP contribution in [0.4, 0.5) is 5.69 Å². The largest absolute Gasteiger partial charge is 0.462 e. The summed E-state index contributed by atoms with van der Waals surface area (Å²) in [4.78, 5) is 38.3. The highest BCUT2D eigenvalue weighted by molar-refractivity contribution is 5.95. The Balaban J connectivity index is 1.59. The van der Waals surface area contributed by atoms with Crippen molar-refractivity contribution in [2.24, 2.45) is 5.92 Å². The van der Waals surface area contributed by atoms with E-state index in [2.05, 4.69) is 5.32 Å². The van der Waals surface area contributed by atoms with Gasteiger partial charge >= 0.3 is 5.97 Å². The number of furan rings is 1. The zero-order valence-corrected chi connectivity index (χ0v) is 15.1. The number of benzene rings is 1. The van der Waals surface area contributed by atoms with Crippen molar-refractivity contribution in [3.05, 3.63) is 54.0 Å². The van der Waals surface area contributed by atoms with Gasteiger partial charge in [0.25, 0.3) is 5.91 Å². The van der Waals surface area contributed by atoms with E-state index in [1.165, 1.54) is 6.26 Å². The van der Waals surface area contributed by atoms with E-state index in [1.54, 1.807) is 48.2 Å². The monoisotopic (exact) mass is 370 g/mol. The molecule has 0 aliphatic carbocycles. The molecule has 2 aromatic rings. The number of piperidine rings is 1. The average molecular weight is 370 g/mol. The molecule has 1 aliphatic rings. The van der Waals surface area contributed by atoms with Crippen LogP contribution in [0.15, 0.2) is 47.1 Å². The molecule has 1 saturated heterocycles. The number of esters is 1. The maximum Gasteiger partial charge on any atom is 0.338 e. The molecule has 1 atom stereocenters. The highest BCUT2D eigenvalue weighted by Gasteiger charge is 2.29. The number of ether oxygens (including phenoxy) is 1. The second-order valence-electron chi connectivity index (χ2n) is 6.35. The summed E-state index contributed by atoms with van der Waals surface area (Å²) in [7, 11) is 0. The topological polar surface area (TPSA) is 88.9 Å². The number of carbonyl (C=O) groups excluding carboxylic acids is 3. The van der Waals surface area contributed by atoms with Gasteiger partial charge in [-0.2, -0.15) is 0 Å². The van der Waals surface area contributed by atoms with Crippen LogP contribution in [0.3, 0.4) is 0 Å². The van der Waals surface area contributed by atoms with Gasteiger partial charge in [0, 0.05) is 18.8 Å². The summed E-state index contributed by atoms with van der Waals surface area (Å²) in [5.74, 6) is -0.741. The third kappa shape index (κ3) is 4.55. The molecule has 1 N–H and O–H groups in total. The summed E-state index contributed by atoms with van der Waals surface area (Å²) in [6, 6.07) is 9.85. The maximum absolute atomic E-state index is 12.6. The average Bonchev–Trinajstić information content (AvgIpc) is 3.23. The molecule has 1 aromatic carbocycles. The molecule has 0 spiro atoms. The SMILES string of the molecule is CCOC(=O)c1ccc(NC(=O)[C@@H]2CCCN(C(=O)c3ccco3)C2)cc1. The number of nitrogens with one attached hydrogen (secondary N) is 1. The van der Waals surface area contributed by atoms with Crippen LogP contribution in [-0.2, 0) is 9.53 Å². The number of hydrogen-bond acceptors (Lipinski definition) is 5. The van der Waals surface area contributed by atoms with Crippen molar-refractivity contribution in [1.82, 2.24) is 4.90 Å². The smallest absolute Gasteiger partial charge is 0.338 e. The fourth-order valence-electron chi connectivity index (χ4n) is 3.08. The first-order valence-electron chi connectivity index (χ1n) is 8.99. The highest BCUT2D eigenvalue weighted by atomic mass is 16.5. The highest BCUT2D eigenvalue weighted by Crippen LogP contribution is 2.21. The van der Waals surface area contributed by atoms with E-state index in [4.69, 9.17) is 9.15 Å². The van der Waals surface area contributed by atoms with E-state index in [0.717, 1.165) is 6.42 Å². The molecule has 1 fully saturated rings. The predicted octanol–water partition coefficient (Wildman–Crippen LogP) is 2.95. The number of rotatable bonds is 5. The first-order valence-corrected chi connectivity index (χ1v) is 8.99. The van der Waals surface area contributed by atoms with Crippen molar-refractivity contribution < 1.29 is 23.5 Å². The molecule has 7 heteroatoms. The first-order chi connectivity index (χ1) is 13.1. The molecular formula is C20H22N2O5. The summed E-state index contributed by atoms with van der Waals surface area (Å²) in [6.45, 7) is 3.02. The zero-order valence-electron chi connectivity index (χ0n) is 15.1. The van der Waals surface area contributed by atoms with Crippen LogP contribution >= 0.6 is 0 Å². The van der Waals surface area contributed by atoms with Gasteiger partial charge in [-0.25, -0.2) is 4.79 Å². The molecule has 3 rings (SSSR count). The van der Waals surface area contributed by atoms with E-state index in [9.17, 15) is 14.4 Å². The Kier molecular flexibility index (Phi) is 5.90. The standard InChI is InChI=1S/C20H22N2O5/c1-2-26-20(25)14-7-9-16(10-8-14)21-18(23)15-5-3-11-22(13-15)19(24)17-6-4-12-27-17/h4,6-10,12,15H,2-3,5,11,13H2,1H3,(H,21,23)/t15-/m1/s1. The molecule has 27 heavy (non-hydrogen) atoms. The van der Waals surface area contributed by atoms with Crippen LogP contribution in [0.2, 0.25) is 0 Å². The Morgan fingerprint density at radius 2 is 2.00 bits per heavy atom. The number of nitrogens with zero attached hydrogens (tertiary/aromatic N) is 1. The minimum Gasteiger partial charge on any atom is -0.462 e. The quantitative estimate of drug-likeness (QED) is 0.818. The van der Waals surface area contributed by atoms with Gasteiger partial charge < -0.3 is 19.4 Å². The number of likely N-dealkylation sites (tertiary alicyclic amines) is 1. The van der Waals surface area contributed by atoms with E-state index < -0.39 is 5.97 Å². The molecule has 0 radical (unpaired) electrons.